The summed E-state index contributed by atoms with van der Waals surface area (Å²) in [5.74, 6) is -1.63. The molecule has 3 aromatic heterocycles. The minimum atomic E-state index is -4.82. The minimum absolute atomic E-state index is 0.123. The summed E-state index contributed by atoms with van der Waals surface area (Å²) >= 11 is 0. The van der Waals surface area contributed by atoms with Gasteiger partial charge in [-0.15, -0.1) is 13.2 Å². The highest BCUT2D eigenvalue weighted by molar-refractivity contribution is 6.09. The maximum absolute atomic E-state index is 12.3. The molecule has 0 fully saturated rings. The standard InChI is InChI=1S/C17H11F3N4O3/c1-23-8-12-11-6-9(16(25)26)2-4-13(11)24(15(12)22-23)10-3-5-14(21-7-10)27-17(18,19)20/h2-8H,1H3,(H,25,26). The van der Waals surface area contributed by atoms with E-state index in [4.69, 9.17) is 0 Å². The smallest absolute Gasteiger partial charge is 0.478 e. The number of aryl methyl sites for hydroxylation is 1. The van der Waals surface area contributed by atoms with E-state index in [1.807, 2.05) is 0 Å². The van der Waals surface area contributed by atoms with Crippen LogP contribution in [0, 0.1) is 0 Å². The van der Waals surface area contributed by atoms with Crippen LogP contribution in [-0.2, 0) is 7.05 Å². The Balaban J connectivity index is 1.91. The molecule has 0 saturated carbocycles. The Morgan fingerprint density at radius 3 is 2.59 bits per heavy atom. The number of benzene rings is 1. The maximum Gasteiger partial charge on any atom is 0.574 e. The third-order valence-corrected chi connectivity index (χ3v) is 3.99. The lowest BCUT2D eigenvalue weighted by atomic mass is 10.1. The first-order valence-electron chi connectivity index (χ1n) is 7.66. The molecule has 0 radical (unpaired) electrons. The lowest BCUT2D eigenvalue weighted by Gasteiger charge is -2.10. The van der Waals surface area contributed by atoms with Gasteiger partial charge in [0.15, 0.2) is 5.65 Å². The third-order valence-electron chi connectivity index (χ3n) is 3.99. The molecule has 0 unspecified atom stereocenters. The van der Waals surface area contributed by atoms with Gasteiger partial charge in [-0.2, -0.15) is 5.10 Å². The van der Waals surface area contributed by atoms with E-state index in [1.165, 1.54) is 24.4 Å². The summed E-state index contributed by atoms with van der Waals surface area (Å²) in [7, 11) is 1.72. The Kier molecular flexibility index (Phi) is 3.58. The lowest BCUT2D eigenvalue weighted by molar-refractivity contribution is -0.276. The van der Waals surface area contributed by atoms with Gasteiger partial charge >= 0.3 is 12.3 Å². The van der Waals surface area contributed by atoms with Crippen molar-refractivity contribution in [3.63, 3.8) is 0 Å². The van der Waals surface area contributed by atoms with Crippen LogP contribution in [0.3, 0.4) is 0 Å². The first-order chi connectivity index (χ1) is 12.7. The summed E-state index contributed by atoms with van der Waals surface area (Å²) < 4.78 is 44.0. The SMILES string of the molecule is Cn1cc2c3cc(C(=O)O)ccc3n(-c3ccc(OC(F)(F)F)nc3)c2n1. The average molecular weight is 376 g/mol. The summed E-state index contributed by atoms with van der Waals surface area (Å²) in [6.07, 6.45) is -1.84. The normalized spacial score (nSPS) is 12.0. The van der Waals surface area contributed by atoms with Crippen LogP contribution in [0.2, 0.25) is 0 Å². The van der Waals surface area contributed by atoms with Crippen molar-refractivity contribution in [1.29, 1.82) is 0 Å². The summed E-state index contributed by atoms with van der Waals surface area (Å²) in [5, 5.41) is 15.0. The van der Waals surface area contributed by atoms with E-state index in [2.05, 4.69) is 14.8 Å². The Bertz CT molecular complexity index is 1180. The molecule has 0 bridgehead atoms. The van der Waals surface area contributed by atoms with Crippen LogP contribution in [0.1, 0.15) is 10.4 Å². The zero-order valence-electron chi connectivity index (χ0n) is 13.7. The molecular formula is C17H11F3N4O3. The van der Waals surface area contributed by atoms with Crippen molar-refractivity contribution in [3.05, 3.63) is 48.3 Å². The first-order valence-corrected chi connectivity index (χ1v) is 7.66. The fraction of sp³-hybridized carbons (Fsp3) is 0.118. The van der Waals surface area contributed by atoms with Gasteiger partial charge in [-0.1, -0.05) is 0 Å². The fourth-order valence-corrected chi connectivity index (χ4v) is 2.97. The van der Waals surface area contributed by atoms with Gasteiger partial charge in [0, 0.05) is 30.1 Å². The monoisotopic (exact) mass is 376 g/mol. The number of alkyl halides is 3. The molecular weight excluding hydrogens is 365 g/mol. The van der Waals surface area contributed by atoms with Gasteiger partial charge in [0.25, 0.3) is 0 Å². The van der Waals surface area contributed by atoms with E-state index in [9.17, 15) is 23.1 Å². The molecule has 0 aliphatic heterocycles. The molecule has 0 aliphatic carbocycles. The number of aromatic nitrogens is 4. The number of hydrogen-bond donors (Lipinski definition) is 1. The van der Waals surface area contributed by atoms with Gasteiger partial charge in [0.2, 0.25) is 5.88 Å². The van der Waals surface area contributed by atoms with Crippen LogP contribution < -0.4 is 4.74 Å². The van der Waals surface area contributed by atoms with Crippen LogP contribution in [0.4, 0.5) is 13.2 Å². The lowest BCUT2D eigenvalue weighted by Crippen LogP contribution is -2.17. The van der Waals surface area contributed by atoms with Crippen molar-refractivity contribution in [2.24, 2.45) is 7.05 Å². The van der Waals surface area contributed by atoms with E-state index in [1.54, 1.807) is 28.6 Å². The van der Waals surface area contributed by atoms with E-state index in [-0.39, 0.29) is 5.56 Å². The fourth-order valence-electron chi connectivity index (χ4n) is 2.97. The van der Waals surface area contributed by atoms with Gasteiger partial charge in [-0.05, 0) is 24.3 Å². The van der Waals surface area contributed by atoms with E-state index in [0.29, 0.717) is 27.6 Å². The van der Waals surface area contributed by atoms with Crippen LogP contribution in [0.15, 0.2) is 42.7 Å². The Morgan fingerprint density at radius 2 is 1.96 bits per heavy atom. The minimum Gasteiger partial charge on any atom is -0.478 e. The predicted molar refractivity (Wildman–Crippen MR) is 89.0 cm³/mol. The molecule has 4 rings (SSSR count). The molecule has 7 nitrogen and oxygen atoms in total. The second-order valence-electron chi connectivity index (χ2n) is 5.81. The van der Waals surface area contributed by atoms with Crippen molar-refractivity contribution < 1.29 is 27.8 Å². The summed E-state index contributed by atoms with van der Waals surface area (Å²) in [6, 6.07) is 7.14. The molecule has 0 atom stereocenters. The molecule has 3 heterocycles. The molecule has 1 N–H and O–H groups in total. The topological polar surface area (TPSA) is 82.2 Å². The number of carboxylic acid groups (broad SMARTS) is 1. The summed E-state index contributed by atoms with van der Waals surface area (Å²) in [4.78, 5) is 15.0. The van der Waals surface area contributed by atoms with Crippen LogP contribution in [0.5, 0.6) is 5.88 Å². The van der Waals surface area contributed by atoms with Gasteiger partial charge < -0.3 is 9.84 Å². The van der Waals surface area contributed by atoms with Crippen molar-refractivity contribution >= 4 is 27.9 Å². The van der Waals surface area contributed by atoms with E-state index in [0.717, 1.165) is 6.07 Å². The van der Waals surface area contributed by atoms with Crippen molar-refractivity contribution in [2.45, 2.75) is 6.36 Å². The average Bonchev–Trinajstić information content (AvgIpc) is 3.09. The van der Waals surface area contributed by atoms with Crippen molar-refractivity contribution in [1.82, 2.24) is 19.3 Å². The van der Waals surface area contributed by atoms with Crippen LogP contribution in [-0.4, -0.2) is 36.8 Å². The zero-order chi connectivity index (χ0) is 19.3. The second-order valence-corrected chi connectivity index (χ2v) is 5.81. The van der Waals surface area contributed by atoms with E-state index < -0.39 is 18.2 Å². The largest absolute Gasteiger partial charge is 0.574 e. The third kappa shape index (κ3) is 2.94. The first kappa shape index (κ1) is 16.9. The van der Waals surface area contributed by atoms with Crippen LogP contribution >= 0.6 is 0 Å². The van der Waals surface area contributed by atoms with Crippen molar-refractivity contribution in [2.75, 3.05) is 0 Å². The number of carbonyl (C=O) groups is 1. The van der Waals surface area contributed by atoms with E-state index >= 15 is 0 Å². The number of rotatable bonds is 3. The molecule has 4 aromatic rings. The molecule has 27 heavy (non-hydrogen) atoms. The Labute approximate surface area is 149 Å². The highest BCUT2D eigenvalue weighted by atomic mass is 19.4. The second kappa shape index (κ2) is 5.73. The van der Waals surface area contributed by atoms with Gasteiger partial charge in [-0.25, -0.2) is 9.78 Å². The van der Waals surface area contributed by atoms with Crippen LogP contribution in [0.25, 0.3) is 27.6 Å². The number of nitrogens with zero attached hydrogens (tertiary/aromatic N) is 4. The summed E-state index contributed by atoms with van der Waals surface area (Å²) in [5.41, 5.74) is 1.77. The van der Waals surface area contributed by atoms with Gasteiger partial charge in [0.1, 0.15) is 0 Å². The zero-order valence-corrected chi connectivity index (χ0v) is 13.7. The molecule has 0 spiro atoms. The maximum atomic E-state index is 12.3. The molecule has 1 aromatic carbocycles. The molecule has 10 heteroatoms. The number of aromatic carboxylic acids is 1. The van der Waals surface area contributed by atoms with Gasteiger partial charge in [0.05, 0.1) is 23.0 Å². The van der Waals surface area contributed by atoms with Gasteiger partial charge in [-0.3, -0.25) is 9.25 Å². The highest BCUT2D eigenvalue weighted by Crippen LogP contribution is 2.32. The highest BCUT2D eigenvalue weighted by Gasteiger charge is 2.31. The number of pyridine rings is 1. The Morgan fingerprint density at radius 1 is 1.19 bits per heavy atom. The molecule has 0 amide bonds. The number of fused-ring (bicyclic) bond motifs is 3. The molecule has 138 valence electrons. The quantitative estimate of drug-likeness (QED) is 0.592. The number of carboxylic acids is 1. The number of hydrogen-bond acceptors (Lipinski definition) is 4. The Hall–Kier alpha value is -3.56. The summed E-state index contributed by atoms with van der Waals surface area (Å²) in [6.45, 7) is 0. The van der Waals surface area contributed by atoms with Crippen molar-refractivity contribution in [3.8, 4) is 11.6 Å². The molecule has 0 aliphatic rings. The predicted octanol–water partition coefficient (Wildman–Crippen LogP) is 3.51. The number of ether oxygens (including phenoxy) is 1. The number of halogens is 3. The molecule has 0 saturated heterocycles.